The van der Waals surface area contributed by atoms with E-state index < -0.39 is 18.4 Å². The minimum atomic E-state index is -0.688. The van der Waals surface area contributed by atoms with Crippen LogP contribution in [0.15, 0.2) is 54.9 Å². The quantitative estimate of drug-likeness (QED) is 0.675. The van der Waals surface area contributed by atoms with Crippen molar-refractivity contribution in [3.05, 3.63) is 71.2 Å². The van der Waals surface area contributed by atoms with Crippen molar-refractivity contribution in [2.75, 3.05) is 13.2 Å². The van der Waals surface area contributed by atoms with Gasteiger partial charge in [-0.1, -0.05) is 30.3 Å². The molecule has 0 bridgehead atoms. The van der Waals surface area contributed by atoms with Gasteiger partial charge in [-0.2, -0.15) is 4.73 Å². The predicted octanol–water partition coefficient (Wildman–Crippen LogP) is 1.35. The van der Waals surface area contributed by atoms with E-state index in [1.54, 1.807) is 12.1 Å². The van der Waals surface area contributed by atoms with Crippen molar-refractivity contribution in [3.8, 4) is 0 Å². The highest BCUT2D eigenvalue weighted by molar-refractivity contribution is 5.69. The first-order chi connectivity index (χ1) is 11.7. The topological polar surface area (TPSA) is 85.9 Å². The van der Waals surface area contributed by atoms with Crippen molar-refractivity contribution < 1.29 is 24.1 Å². The molecule has 2 aromatic rings. The van der Waals surface area contributed by atoms with Crippen LogP contribution in [0.4, 0.5) is 4.79 Å². The van der Waals surface area contributed by atoms with Crippen molar-refractivity contribution in [2.45, 2.75) is 18.9 Å². The summed E-state index contributed by atoms with van der Waals surface area (Å²) >= 11 is 0. The van der Waals surface area contributed by atoms with Gasteiger partial charge in [0.15, 0.2) is 18.6 Å². The average Bonchev–Trinajstić information content (AvgIpc) is 3.05. The molecule has 1 fully saturated rings. The standard InChI is InChI=1S/C17H18N2O5/c20-10-15-12-23-16(14-6-8-18(22)9-7-14)19(15)17(21)24-11-13-4-2-1-3-5-13/h1-9,15-16,20H,10-12H2. The summed E-state index contributed by atoms with van der Waals surface area (Å²) < 4.78 is 11.6. The molecule has 2 heterocycles. The third-order valence-corrected chi connectivity index (χ3v) is 3.83. The minimum Gasteiger partial charge on any atom is -0.619 e. The molecule has 126 valence electrons. The summed E-state index contributed by atoms with van der Waals surface area (Å²) in [6, 6.07) is 12.0. The monoisotopic (exact) mass is 330 g/mol. The molecule has 7 nitrogen and oxygen atoms in total. The third-order valence-electron chi connectivity index (χ3n) is 3.83. The number of nitrogens with zero attached hydrogens (tertiary/aromatic N) is 2. The van der Waals surface area contributed by atoms with Crippen molar-refractivity contribution in [3.63, 3.8) is 0 Å². The third kappa shape index (κ3) is 3.47. The van der Waals surface area contributed by atoms with Crippen LogP contribution in [-0.2, 0) is 16.1 Å². The molecule has 0 aliphatic carbocycles. The zero-order valence-electron chi connectivity index (χ0n) is 12.9. The van der Waals surface area contributed by atoms with E-state index in [0.29, 0.717) is 10.3 Å². The van der Waals surface area contributed by atoms with Gasteiger partial charge in [-0.15, -0.1) is 0 Å². The Morgan fingerprint density at radius 1 is 1.29 bits per heavy atom. The summed E-state index contributed by atoms with van der Waals surface area (Å²) in [5, 5.41) is 20.7. The fraction of sp³-hybridized carbons (Fsp3) is 0.294. The second-order valence-corrected chi connectivity index (χ2v) is 5.46. The number of carbonyl (C=O) groups is 1. The zero-order chi connectivity index (χ0) is 16.9. The minimum absolute atomic E-state index is 0.135. The zero-order valence-corrected chi connectivity index (χ0v) is 12.9. The Hall–Kier alpha value is -2.64. The van der Waals surface area contributed by atoms with Crippen LogP contribution in [-0.4, -0.2) is 35.4 Å². The Kier molecular flexibility index (Phi) is 4.93. The summed E-state index contributed by atoms with van der Waals surface area (Å²) in [6.07, 6.45) is 1.41. The predicted molar refractivity (Wildman–Crippen MR) is 83.4 cm³/mol. The summed E-state index contributed by atoms with van der Waals surface area (Å²) in [7, 11) is 0. The molecule has 0 radical (unpaired) electrons. The summed E-state index contributed by atoms with van der Waals surface area (Å²) in [4.78, 5) is 13.9. The first-order valence-electron chi connectivity index (χ1n) is 7.59. The van der Waals surface area contributed by atoms with E-state index in [4.69, 9.17) is 9.47 Å². The molecule has 2 unspecified atom stereocenters. The lowest BCUT2D eigenvalue weighted by Crippen LogP contribution is -2.40. The van der Waals surface area contributed by atoms with Crippen molar-refractivity contribution >= 4 is 6.09 Å². The van der Waals surface area contributed by atoms with Gasteiger partial charge < -0.3 is 19.8 Å². The fourth-order valence-corrected chi connectivity index (χ4v) is 2.58. The first-order valence-corrected chi connectivity index (χ1v) is 7.59. The molecule has 2 atom stereocenters. The molecule has 1 aromatic carbocycles. The van der Waals surface area contributed by atoms with Gasteiger partial charge in [0.2, 0.25) is 0 Å². The van der Waals surface area contributed by atoms with Crippen LogP contribution < -0.4 is 4.73 Å². The molecule has 1 aliphatic rings. The van der Waals surface area contributed by atoms with E-state index in [9.17, 15) is 15.1 Å². The smallest absolute Gasteiger partial charge is 0.412 e. The number of hydrogen-bond acceptors (Lipinski definition) is 5. The lowest BCUT2D eigenvalue weighted by molar-refractivity contribution is -0.605. The van der Waals surface area contributed by atoms with Gasteiger partial charge in [0.25, 0.3) is 0 Å². The average molecular weight is 330 g/mol. The number of carbonyl (C=O) groups excluding carboxylic acids is 1. The lowest BCUT2D eigenvalue weighted by Gasteiger charge is -2.26. The molecule has 1 aliphatic heterocycles. The van der Waals surface area contributed by atoms with Crippen LogP contribution in [0.2, 0.25) is 0 Å². The summed E-state index contributed by atoms with van der Waals surface area (Å²) in [5.74, 6) is 0. The van der Waals surface area contributed by atoms with Crippen LogP contribution in [0.5, 0.6) is 0 Å². The van der Waals surface area contributed by atoms with Crippen molar-refractivity contribution in [1.29, 1.82) is 0 Å². The number of benzene rings is 1. The van der Waals surface area contributed by atoms with E-state index in [0.717, 1.165) is 5.56 Å². The van der Waals surface area contributed by atoms with E-state index in [1.165, 1.54) is 17.3 Å². The molecule has 1 saturated heterocycles. The molecule has 0 saturated carbocycles. The molecule has 1 aromatic heterocycles. The molecular weight excluding hydrogens is 312 g/mol. The Bertz CT molecular complexity index is 677. The maximum absolute atomic E-state index is 12.5. The highest BCUT2D eigenvalue weighted by Gasteiger charge is 2.39. The number of rotatable bonds is 4. The largest absolute Gasteiger partial charge is 0.619 e. The maximum Gasteiger partial charge on any atom is 0.412 e. The van der Waals surface area contributed by atoms with Gasteiger partial charge in [-0.25, -0.2) is 4.79 Å². The van der Waals surface area contributed by atoms with Crippen LogP contribution in [0, 0.1) is 5.21 Å². The Morgan fingerprint density at radius 3 is 2.67 bits per heavy atom. The van der Waals surface area contributed by atoms with Crippen molar-refractivity contribution in [2.24, 2.45) is 0 Å². The van der Waals surface area contributed by atoms with Gasteiger partial charge in [0, 0.05) is 17.7 Å². The van der Waals surface area contributed by atoms with E-state index >= 15 is 0 Å². The maximum atomic E-state index is 12.5. The molecule has 3 rings (SSSR count). The lowest BCUT2D eigenvalue weighted by atomic mass is 10.2. The van der Waals surface area contributed by atoms with E-state index in [-0.39, 0.29) is 19.8 Å². The van der Waals surface area contributed by atoms with Crippen molar-refractivity contribution in [1.82, 2.24) is 4.90 Å². The Labute approximate surface area is 139 Å². The number of ether oxygens (including phenoxy) is 2. The number of amides is 1. The van der Waals surface area contributed by atoms with E-state index in [1.807, 2.05) is 30.3 Å². The van der Waals surface area contributed by atoms with Crippen LogP contribution in [0.25, 0.3) is 0 Å². The van der Waals surface area contributed by atoms with Crippen LogP contribution >= 0.6 is 0 Å². The molecule has 0 spiro atoms. The highest BCUT2D eigenvalue weighted by Crippen LogP contribution is 2.31. The van der Waals surface area contributed by atoms with Crippen LogP contribution in [0.3, 0.4) is 0 Å². The fourth-order valence-electron chi connectivity index (χ4n) is 2.58. The van der Waals surface area contributed by atoms with Gasteiger partial charge in [0.1, 0.15) is 6.61 Å². The number of aliphatic hydroxyl groups is 1. The second kappa shape index (κ2) is 7.29. The molecule has 1 N–H and O–H groups in total. The van der Waals surface area contributed by atoms with Gasteiger partial charge in [0.05, 0.1) is 19.3 Å². The highest BCUT2D eigenvalue weighted by atomic mass is 16.6. The van der Waals surface area contributed by atoms with E-state index in [2.05, 4.69) is 0 Å². The van der Waals surface area contributed by atoms with Crippen LogP contribution in [0.1, 0.15) is 17.4 Å². The molecule has 24 heavy (non-hydrogen) atoms. The molecular formula is C17H18N2O5. The van der Waals surface area contributed by atoms with Gasteiger partial charge in [-0.05, 0) is 5.56 Å². The summed E-state index contributed by atoms with van der Waals surface area (Å²) in [6.45, 7) is 0.107. The molecule has 1 amide bonds. The normalized spacial score (nSPS) is 20.1. The first kappa shape index (κ1) is 16.2. The molecule has 7 heteroatoms. The number of aliphatic hydroxyl groups excluding tert-OH is 1. The number of hydrogen-bond donors (Lipinski definition) is 1. The Balaban J connectivity index is 1.73. The number of aromatic nitrogens is 1. The summed E-state index contributed by atoms with van der Waals surface area (Å²) in [5.41, 5.74) is 1.52. The SMILES string of the molecule is O=C(OCc1ccccc1)N1C(CO)COC1c1cc[n+]([O-])cc1. The Morgan fingerprint density at radius 2 is 2.00 bits per heavy atom. The van der Waals surface area contributed by atoms with Gasteiger partial charge >= 0.3 is 6.09 Å². The van der Waals surface area contributed by atoms with Gasteiger partial charge in [-0.3, -0.25) is 4.90 Å². The number of pyridine rings is 1. The second-order valence-electron chi connectivity index (χ2n) is 5.46.